The van der Waals surface area contributed by atoms with Crippen molar-refractivity contribution in [3.63, 3.8) is 0 Å². The Morgan fingerprint density at radius 2 is 2.40 bits per heavy atom. The zero-order chi connectivity index (χ0) is 14.5. The fraction of sp³-hybridized carbons (Fsp3) is 0.500. The molecule has 0 aliphatic carbocycles. The number of hydrogen-bond acceptors (Lipinski definition) is 4. The molecule has 1 aliphatic heterocycles. The number of benzene rings is 1. The summed E-state index contributed by atoms with van der Waals surface area (Å²) in [6.45, 7) is 4.98. The molecule has 0 radical (unpaired) electrons. The number of hydrogen-bond donors (Lipinski definition) is 2. The Balaban J connectivity index is 1.98. The van der Waals surface area contributed by atoms with Crippen molar-refractivity contribution in [3.05, 3.63) is 28.3 Å². The van der Waals surface area contributed by atoms with E-state index in [1.54, 1.807) is 11.8 Å². The average molecular weight is 315 g/mol. The lowest BCUT2D eigenvalue weighted by molar-refractivity contribution is -0.122. The molecule has 1 unspecified atom stereocenters. The normalized spacial score (nSPS) is 18.1. The molecule has 2 rings (SSSR count). The Morgan fingerprint density at radius 3 is 3.05 bits per heavy atom. The van der Waals surface area contributed by atoms with Crippen LogP contribution in [0.25, 0.3) is 0 Å². The van der Waals surface area contributed by atoms with Gasteiger partial charge >= 0.3 is 0 Å². The second kappa shape index (κ2) is 7.20. The second-order valence-corrected chi connectivity index (χ2v) is 6.07. The second-order valence-electron chi connectivity index (χ2n) is 4.63. The minimum atomic E-state index is -0.0847. The molecule has 0 spiro atoms. The van der Waals surface area contributed by atoms with E-state index in [1.165, 1.54) is 0 Å². The van der Waals surface area contributed by atoms with Crippen LogP contribution in [0.1, 0.15) is 18.1 Å². The summed E-state index contributed by atoms with van der Waals surface area (Å²) >= 11 is 7.90. The maximum atomic E-state index is 11.9. The van der Waals surface area contributed by atoms with Crippen LogP contribution in [0.3, 0.4) is 0 Å². The summed E-state index contributed by atoms with van der Waals surface area (Å²) < 4.78 is 5.45. The minimum Gasteiger partial charge on any atom is -0.492 e. The van der Waals surface area contributed by atoms with Crippen molar-refractivity contribution in [3.8, 4) is 5.75 Å². The predicted molar refractivity (Wildman–Crippen MR) is 83.5 cm³/mol. The number of carbonyl (C=O) groups excluding carboxylic acids is 1. The predicted octanol–water partition coefficient (Wildman–Crippen LogP) is 2.33. The molecule has 1 amide bonds. The standard InChI is InChI=1S/C14H19ClN2O2S/c1-3-19-13-4-9(2)10(5-11(13)15)6-16-14(18)12-7-20-8-17-12/h4-5,12,17H,3,6-8H2,1-2H3,(H,16,18). The lowest BCUT2D eigenvalue weighted by atomic mass is 10.1. The van der Waals surface area contributed by atoms with E-state index in [2.05, 4.69) is 10.6 Å². The molecule has 0 bridgehead atoms. The largest absolute Gasteiger partial charge is 0.492 e. The van der Waals surface area contributed by atoms with Crippen LogP contribution in [0.2, 0.25) is 5.02 Å². The topological polar surface area (TPSA) is 50.4 Å². The summed E-state index contributed by atoms with van der Waals surface area (Å²) in [5, 5.41) is 6.68. The van der Waals surface area contributed by atoms with Gasteiger partial charge in [0.2, 0.25) is 5.91 Å². The van der Waals surface area contributed by atoms with Gasteiger partial charge in [0, 0.05) is 18.2 Å². The average Bonchev–Trinajstić information content (AvgIpc) is 2.95. The van der Waals surface area contributed by atoms with Crippen LogP contribution in [0.4, 0.5) is 0 Å². The Kier molecular flexibility index (Phi) is 5.57. The lowest BCUT2D eigenvalue weighted by Crippen LogP contribution is -2.41. The van der Waals surface area contributed by atoms with Crippen molar-refractivity contribution in [1.29, 1.82) is 0 Å². The third-order valence-corrected chi connectivity index (χ3v) is 4.41. The first kappa shape index (κ1) is 15.5. The summed E-state index contributed by atoms with van der Waals surface area (Å²) in [7, 11) is 0. The van der Waals surface area contributed by atoms with E-state index in [4.69, 9.17) is 16.3 Å². The van der Waals surface area contributed by atoms with Crippen molar-refractivity contribution in [1.82, 2.24) is 10.6 Å². The van der Waals surface area contributed by atoms with Crippen molar-refractivity contribution in [2.24, 2.45) is 0 Å². The summed E-state index contributed by atoms with van der Waals surface area (Å²) in [4.78, 5) is 11.9. The molecule has 6 heteroatoms. The van der Waals surface area contributed by atoms with Gasteiger partial charge in [-0.2, -0.15) is 0 Å². The van der Waals surface area contributed by atoms with E-state index < -0.39 is 0 Å². The number of aryl methyl sites for hydroxylation is 1. The summed E-state index contributed by atoms with van der Waals surface area (Å²) in [5.74, 6) is 2.40. The van der Waals surface area contributed by atoms with Crippen LogP contribution in [-0.4, -0.2) is 30.2 Å². The molecule has 110 valence electrons. The maximum absolute atomic E-state index is 11.9. The van der Waals surface area contributed by atoms with Gasteiger partial charge in [-0.15, -0.1) is 11.8 Å². The van der Waals surface area contributed by atoms with Crippen LogP contribution < -0.4 is 15.4 Å². The molecule has 1 aromatic rings. The highest BCUT2D eigenvalue weighted by Crippen LogP contribution is 2.28. The van der Waals surface area contributed by atoms with Gasteiger partial charge in [0.05, 0.1) is 17.7 Å². The number of nitrogens with one attached hydrogen (secondary N) is 2. The van der Waals surface area contributed by atoms with E-state index >= 15 is 0 Å². The molecular weight excluding hydrogens is 296 g/mol. The molecule has 0 aromatic heterocycles. The van der Waals surface area contributed by atoms with E-state index in [-0.39, 0.29) is 11.9 Å². The molecule has 0 saturated carbocycles. The van der Waals surface area contributed by atoms with Gasteiger partial charge in [-0.1, -0.05) is 11.6 Å². The van der Waals surface area contributed by atoms with Gasteiger partial charge < -0.3 is 10.1 Å². The number of ether oxygens (including phenoxy) is 1. The molecule has 4 nitrogen and oxygen atoms in total. The summed E-state index contributed by atoms with van der Waals surface area (Å²) in [6.07, 6.45) is 0. The van der Waals surface area contributed by atoms with Crippen LogP contribution in [0, 0.1) is 6.92 Å². The van der Waals surface area contributed by atoms with Crippen LogP contribution in [0.5, 0.6) is 5.75 Å². The Hall–Kier alpha value is -0.910. The highest BCUT2D eigenvalue weighted by atomic mass is 35.5. The smallest absolute Gasteiger partial charge is 0.238 e. The first-order valence-electron chi connectivity index (χ1n) is 6.62. The lowest BCUT2D eigenvalue weighted by Gasteiger charge is -2.14. The number of thioether (sulfide) groups is 1. The summed E-state index contributed by atoms with van der Waals surface area (Å²) in [5.41, 5.74) is 2.07. The molecule has 2 N–H and O–H groups in total. The van der Waals surface area contributed by atoms with E-state index in [9.17, 15) is 4.79 Å². The number of amides is 1. The SMILES string of the molecule is CCOc1cc(C)c(CNC(=O)C2CSCN2)cc1Cl. The quantitative estimate of drug-likeness (QED) is 0.876. The van der Waals surface area contributed by atoms with Gasteiger partial charge in [-0.25, -0.2) is 0 Å². The number of halogens is 1. The fourth-order valence-electron chi connectivity index (χ4n) is 2.02. The Bertz CT molecular complexity index is 490. The molecule has 20 heavy (non-hydrogen) atoms. The maximum Gasteiger partial charge on any atom is 0.238 e. The molecule has 1 aliphatic rings. The van der Waals surface area contributed by atoms with Gasteiger partial charge in [0.15, 0.2) is 0 Å². The molecule has 1 aromatic carbocycles. The number of carbonyl (C=O) groups is 1. The summed E-state index contributed by atoms with van der Waals surface area (Å²) in [6, 6.07) is 3.69. The van der Waals surface area contributed by atoms with Crippen molar-refractivity contribution < 1.29 is 9.53 Å². The monoisotopic (exact) mass is 314 g/mol. The zero-order valence-corrected chi connectivity index (χ0v) is 13.2. The van der Waals surface area contributed by atoms with Crippen molar-refractivity contribution in [2.45, 2.75) is 26.4 Å². The van der Waals surface area contributed by atoms with Crippen LogP contribution in [-0.2, 0) is 11.3 Å². The first-order chi connectivity index (χ1) is 9.61. The third-order valence-electron chi connectivity index (χ3n) is 3.18. The Morgan fingerprint density at radius 1 is 1.60 bits per heavy atom. The van der Waals surface area contributed by atoms with E-state index in [1.807, 2.05) is 26.0 Å². The van der Waals surface area contributed by atoms with Gasteiger partial charge in [0.25, 0.3) is 0 Å². The zero-order valence-electron chi connectivity index (χ0n) is 11.7. The molecule has 1 atom stereocenters. The molecule has 1 fully saturated rings. The highest BCUT2D eigenvalue weighted by molar-refractivity contribution is 7.99. The number of rotatable bonds is 5. The third kappa shape index (κ3) is 3.81. The van der Waals surface area contributed by atoms with Gasteiger partial charge in [-0.05, 0) is 37.1 Å². The van der Waals surface area contributed by atoms with Crippen LogP contribution >= 0.6 is 23.4 Å². The van der Waals surface area contributed by atoms with Crippen molar-refractivity contribution >= 4 is 29.3 Å². The molecule has 1 saturated heterocycles. The minimum absolute atomic E-state index is 0.0411. The fourth-order valence-corrected chi connectivity index (χ4v) is 3.20. The first-order valence-corrected chi connectivity index (χ1v) is 8.15. The van der Waals surface area contributed by atoms with Gasteiger partial charge in [0.1, 0.15) is 5.75 Å². The van der Waals surface area contributed by atoms with E-state index in [0.717, 1.165) is 22.8 Å². The van der Waals surface area contributed by atoms with Gasteiger partial charge in [-0.3, -0.25) is 10.1 Å². The van der Waals surface area contributed by atoms with Crippen molar-refractivity contribution in [2.75, 3.05) is 18.2 Å². The highest BCUT2D eigenvalue weighted by Gasteiger charge is 2.22. The van der Waals surface area contributed by atoms with Crippen LogP contribution in [0.15, 0.2) is 12.1 Å². The molecular formula is C14H19ClN2O2S. The Labute approximate surface area is 128 Å². The van der Waals surface area contributed by atoms with E-state index in [0.29, 0.717) is 23.9 Å². The molecule has 1 heterocycles.